The quantitative estimate of drug-likeness (QED) is 0.283. The van der Waals surface area contributed by atoms with Crippen LogP contribution in [0.15, 0.2) is 70.0 Å². The SMILES string of the molecule is CCCCCOc1ccc(C2c3c(oc4ccc(F)cc4c3=O)C(=O)N2c2ccc(Cl)cn2)cc1. The standard InChI is InChI=1S/C27H22ClFN2O4/c1-2-3-4-13-34-19-9-5-16(6-10-19)24-23-25(32)20-14-18(29)8-11-21(20)35-26(23)27(33)31(24)22-12-7-17(28)15-30-22/h5-12,14-15,24H,2-4,13H2,1H3. The number of hydrogen-bond acceptors (Lipinski definition) is 5. The fraction of sp³-hybridized carbons (Fsp3) is 0.222. The lowest BCUT2D eigenvalue weighted by atomic mass is 9.98. The molecule has 0 radical (unpaired) electrons. The summed E-state index contributed by atoms with van der Waals surface area (Å²) in [5.74, 6) is -0.159. The van der Waals surface area contributed by atoms with Crippen molar-refractivity contribution in [3.63, 3.8) is 0 Å². The van der Waals surface area contributed by atoms with Crippen LogP contribution in [0.4, 0.5) is 10.2 Å². The van der Waals surface area contributed by atoms with Gasteiger partial charge in [-0.05, 0) is 54.4 Å². The van der Waals surface area contributed by atoms with Crippen molar-refractivity contribution < 1.29 is 18.3 Å². The predicted octanol–water partition coefficient (Wildman–Crippen LogP) is 6.30. The van der Waals surface area contributed by atoms with Crippen LogP contribution < -0.4 is 15.1 Å². The molecule has 1 atom stereocenters. The molecule has 35 heavy (non-hydrogen) atoms. The molecule has 6 nitrogen and oxygen atoms in total. The van der Waals surface area contributed by atoms with Gasteiger partial charge >= 0.3 is 0 Å². The first-order valence-electron chi connectivity index (χ1n) is 11.4. The Bertz CT molecular complexity index is 1450. The molecular weight excluding hydrogens is 471 g/mol. The Morgan fingerprint density at radius 2 is 1.89 bits per heavy atom. The van der Waals surface area contributed by atoms with Crippen molar-refractivity contribution in [3.05, 3.63) is 98.7 Å². The van der Waals surface area contributed by atoms with Crippen molar-refractivity contribution in [1.29, 1.82) is 0 Å². The molecule has 1 unspecified atom stereocenters. The fourth-order valence-electron chi connectivity index (χ4n) is 4.30. The second-order valence-electron chi connectivity index (χ2n) is 8.35. The van der Waals surface area contributed by atoms with E-state index >= 15 is 0 Å². The highest BCUT2D eigenvalue weighted by Crippen LogP contribution is 2.41. The molecule has 4 aromatic rings. The summed E-state index contributed by atoms with van der Waals surface area (Å²) >= 11 is 6.00. The van der Waals surface area contributed by atoms with E-state index in [0.29, 0.717) is 28.8 Å². The topological polar surface area (TPSA) is 72.6 Å². The first-order valence-corrected chi connectivity index (χ1v) is 11.8. The molecule has 0 aliphatic carbocycles. The maximum absolute atomic E-state index is 13.9. The molecule has 8 heteroatoms. The van der Waals surface area contributed by atoms with Gasteiger partial charge < -0.3 is 9.15 Å². The minimum absolute atomic E-state index is 0.0725. The van der Waals surface area contributed by atoms with E-state index in [0.717, 1.165) is 25.3 Å². The van der Waals surface area contributed by atoms with Crippen LogP contribution in [0.3, 0.4) is 0 Å². The lowest BCUT2D eigenvalue weighted by Gasteiger charge is -2.24. The summed E-state index contributed by atoms with van der Waals surface area (Å²) in [4.78, 5) is 32.8. The Labute approximate surface area is 205 Å². The maximum Gasteiger partial charge on any atom is 0.296 e. The Balaban J connectivity index is 1.62. The van der Waals surface area contributed by atoms with E-state index in [4.69, 9.17) is 20.8 Å². The van der Waals surface area contributed by atoms with Gasteiger partial charge in [-0.15, -0.1) is 0 Å². The molecule has 3 heterocycles. The molecule has 1 aliphatic rings. The number of pyridine rings is 1. The molecule has 0 spiro atoms. The minimum atomic E-state index is -0.816. The van der Waals surface area contributed by atoms with Crippen molar-refractivity contribution in [2.75, 3.05) is 11.5 Å². The number of aromatic nitrogens is 1. The van der Waals surface area contributed by atoms with Crippen molar-refractivity contribution in [3.8, 4) is 5.75 Å². The normalized spacial score (nSPS) is 15.0. The van der Waals surface area contributed by atoms with Crippen molar-refractivity contribution in [2.24, 2.45) is 0 Å². The summed E-state index contributed by atoms with van der Waals surface area (Å²) in [6, 6.07) is 13.3. The zero-order valence-electron chi connectivity index (χ0n) is 19.0. The highest BCUT2D eigenvalue weighted by Gasteiger charge is 2.44. The summed E-state index contributed by atoms with van der Waals surface area (Å²) in [6.07, 6.45) is 4.58. The van der Waals surface area contributed by atoms with E-state index in [2.05, 4.69) is 11.9 Å². The van der Waals surface area contributed by atoms with Gasteiger partial charge in [0.05, 0.1) is 28.6 Å². The molecule has 2 aromatic heterocycles. The van der Waals surface area contributed by atoms with Gasteiger partial charge in [0, 0.05) is 6.20 Å². The van der Waals surface area contributed by atoms with Gasteiger partial charge in [-0.1, -0.05) is 43.5 Å². The highest BCUT2D eigenvalue weighted by atomic mass is 35.5. The number of ether oxygens (including phenoxy) is 1. The number of hydrogen-bond donors (Lipinski definition) is 0. The van der Waals surface area contributed by atoms with Gasteiger partial charge in [0.25, 0.3) is 5.91 Å². The monoisotopic (exact) mass is 492 g/mol. The lowest BCUT2D eigenvalue weighted by molar-refractivity contribution is 0.0970. The van der Waals surface area contributed by atoms with Gasteiger partial charge in [-0.2, -0.15) is 0 Å². The largest absolute Gasteiger partial charge is 0.494 e. The summed E-state index contributed by atoms with van der Waals surface area (Å²) in [5, 5.41) is 0.484. The molecule has 2 aromatic carbocycles. The van der Waals surface area contributed by atoms with E-state index in [-0.39, 0.29) is 22.3 Å². The molecular formula is C27H22ClFN2O4. The first kappa shape index (κ1) is 23.1. The number of fused-ring (bicyclic) bond motifs is 2. The Morgan fingerprint density at radius 3 is 2.60 bits per heavy atom. The van der Waals surface area contributed by atoms with Gasteiger partial charge in [-0.25, -0.2) is 9.37 Å². The van der Waals surface area contributed by atoms with E-state index in [1.54, 1.807) is 36.4 Å². The van der Waals surface area contributed by atoms with Crippen LogP contribution in [0.1, 0.15) is 53.9 Å². The molecule has 0 fully saturated rings. The Hall–Kier alpha value is -3.71. The fourth-order valence-corrected chi connectivity index (χ4v) is 4.41. The van der Waals surface area contributed by atoms with E-state index in [1.165, 1.54) is 23.2 Å². The number of carbonyl (C=O) groups is 1. The number of unbranched alkanes of at least 4 members (excludes halogenated alkanes) is 2. The number of nitrogens with zero attached hydrogens (tertiary/aromatic N) is 2. The third kappa shape index (κ3) is 4.28. The number of halogens is 2. The van der Waals surface area contributed by atoms with Gasteiger partial charge in [0.1, 0.15) is 23.0 Å². The lowest BCUT2D eigenvalue weighted by Crippen LogP contribution is -2.30. The predicted molar refractivity (Wildman–Crippen MR) is 132 cm³/mol. The molecule has 1 amide bonds. The zero-order chi connectivity index (χ0) is 24.5. The van der Waals surface area contributed by atoms with Crippen LogP contribution in [-0.2, 0) is 0 Å². The average molecular weight is 493 g/mol. The van der Waals surface area contributed by atoms with E-state index in [9.17, 15) is 14.0 Å². The number of rotatable bonds is 7. The molecule has 0 bridgehead atoms. The van der Waals surface area contributed by atoms with Crippen molar-refractivity contribution >= 4 is 34.3 Å². The summed E-state index contributed by atoms with van der Waals surface area (Å²) in [7, 11) is 0. The van der Waals surface area contributed by atoms with Crippen LogP contribution >= 0.6 is 11.6 Å². The molecule has 178 valence electrons. The molecule has 1 aliphatic heterocycles. The molecule has 0 N–H and O–H groups in total. The first-order chi connectivity index (χ1) is 17.0. The second kappa shape index (κ2) is 9.50. The third-order valence-electron chi connectivity index (χ3n) is 6.00. The van der Waals surface area contributed by atoms with Gasteiger partial charge in [-0.3, -0.25) is 14.5 Å². The Kier molecular flexibility index (Phi) is 6.26. The Morgan fingerprint density at radius 1 is 1.09 bits per heavy atom. The summed E-state index contributed by atoms with van der Waals surface area (Å²) in [5.41, 5.74) is 0.485. The number of carbonyl (C=O) groups excluding carboxylic acids is 1. The molecule has 0 saturated heterocycles. The maximum atomic E-state index is 13.9. The second-order valence-corrected chi connectivity index (χ2v) is 8.79. The van der Waals surface area contributed by atoms with Crippen LogP contribution in [0.5, 0.6) is 5.75 Å². The van der Waals surface area contributed by atoms with Gasteiger partial charge in [0.2, 0.25) is 5.76 Å². The van der Waals surface area contributed by atoms with Crippen LogP contribution in [0.2, 0.25) is 5.02 Å². The number of anilines is 1. The molecule has 0 saturated carbocycles. The highest BCUT2D eigenvalue weighted by molar-refractivity contribution is 6.30. The van der Waals surface area contributed by atoms with E-state index < -0.39 is 23.2 Å². The number of benzene rings is 2. The summed E-state index contributed by atoms with van der Waals surface area (Å²) < 4.78 is 25.6. The zero-order valence-corrected chi connectivity index (χ0v) is 19.7. The smallest absolute Gasteiger partial charge is 0.296 e. The molecule has 5 rings (SSSR count). The summed E-state index contributed by atoms with van der Waals surface area (Å²) in [6.45, 7) is 2.74. The number of amides is 1. The van der Waals surface area contributed by atoms with E-state index in [1.807, 2.05) is 0 Å². The van der Waals surface area contributed by atoms with Crippen LogP contribution in [-0.4, -0.2) is 17.5 Å². The van der Waals surface area contributed by atoms with Gasteiger partial charge in [0.15, 0.2) is 5.43 Å². The van der Waals surface area contributed by atoms with Crippen molar-refractivity contribution in [1.82, 2.24) is 4.98 Å². The average Bonchev–Trinajstić information content (AvgIpc) is 3.16. The minimum Gasteiger partial charge on any atom is -0.494 e. The van der Waals surface area contributed by atoms with Crippen molar-refractivity contribution in [2.45, 2.75) is 32.2 Å². The van der Waals surface area contributed by atoms with Crippen LogP contribution in [0.25, 0.3) is 11.0 Å². The third-order valence-corrected chi connectivity index (χ3v) is 6.23. The van der Waals surface area contributed by atoms with Crippen LogP contribution in [0, 0.1) is 5.82 Å².